The predicted octanol–water partition coefficient (Wildman–Crippen LogP) is 12.7. The molecule has 1 nitrogen and oxygen atoms in total. The number of aryl methyl sites for hydroxylation is 6. The van der Waals surface area contributed by atoms with Crippen molar-refractivity contribution in [2.75, 3.05) is 0 Å². The second-order valence-corrected chi connectivity index (χ2v) is 20.0. The molecule has 1 aromatic heterocycles. The van der Waals surface area contributed by atoms with Crippen LogP contribution in [0.15, 0.2) is 144 Å². The molecule has 2 bridgehead atoms. The van der Waals surface area contributed by atoms with Gasteiger partial charge in [0.2, 0.25) is 6.71 Å². The molecule has 5 atom stereocenters. The number of hydrogen-bond donors (Lipinski definition) is 0. The Hall–Kier alpha value is -5.60. The first-order chi connectivity index (χ1) is 29.1. The van der Waals surface area contributed by atoms with E-state index in [0.717, 1.165) is 23.0 Å². The number of para-hydroxylation sites is 2. The Morgan fingerprint density at radius 2 is 1.13 bits per heavy atom. The van der Waals surface area contributed by atoms with E-state index in [1.165, 1.54) is 115 Å². The second-order valence-electron chi connectivity index (χ2n) is 20.0. The third-order valence-electron chi connectivity index (χ3n) is 16.5. The molecule has 60 heavy (non-hydrogen) atoms. The molecule has 0 amide bonds. The Labute approximate surface area is 356 Å². The van der Waals surface area contributed by atoms with Crippen molar-refractivity contribution in [3.63, 3.8) is 0 Å². The number of furan rings is 1. The molecule has 5 unspecified atom stereocenters. The average molecular weight is 777 g/mol. The highest BCUT2D eigenvalue weighted by Gasteiger charge is 2.83. The van der Waals surface area contributed by atoms with Crippen LogP contribution in [0.25, 0.3) is 44.2 Å². The fraction of sp³-hybridized carbons (Fsp3) is 0.276. The highest BCUT2D eigenvalue weighted by Crippen LogP contribution is 2.89. The molecule has 7 aromatic carbocycles. The van der Waals surface area contributed by atoms with Gasteiger partial charge >= 0.3 is 0 Å². The van der Waals surface area contributed by atoms with Gasteiger partial charge in [0.15, 0.2) is 0 Å². The lowest BCUT2D eigenvalue weighted by Gasteiger charge is -2.49. The molecule has 294 valence electrons. The summed E-state index contributed by atoms with van der Waals surface area (Å²) in [4.78, 5) is 0. The van der Waals surface area contributed by atoms with Gasteiger partial charge in [-0.15, -0.1) is 0 Å². The van der Waals surface area contributed by atoms with Gasteiger partial charge in [0, 0.05) is 21.8 Å². The van der Waals surface area contributed by atoms with Crippen LogP contribution in [0, 0.1) is 58.8 Å². The van der Waals surface area contributed by atoms with Crippen molar-refractivity contribution in [2.45, 2.75) is 84.5 Å². The smallest absolute Gasteiger partial charge is 0.242 e. The Balaban J connectivity index is 0.869. The number of fused-ring (bicyclic) bond motifs is 4. The predicted molar refractivity (Wildman–Crippen MR) is 253 cm³/mol. The fourth-order valence-electron chi connectivity index (χ4n) is 14.3. The zero-order valence-electron chi connectivity index (χ0n) is 36.0. The molecule has 1 heterocycles. The van der Waals surface area contributed by atoms with Crippen molar-refractivity contribution in [1.82, 2.24) is 0 Å². The Morgan fingerprint density at radius 1 is 0.517 bits per heavy atom. The highest BCUT2D eigenvalue weighted by molar-refractivity contribution is 6.96. The van der Waals surface area contributed by atoms with E-state index in [1.807, 2.05) is 0 Å². The largest absolute Gasteiger partial charge is 0.455 e. The van der Waals surface area contributed by atoms with Gasteiger partial charge in [0.25, 0.3) is 0 Å². The van der Waals surface area contributed by atoms with Gasteiger partial charge in [-0.1, -0.05) is 183 Å². The monoisotopic (exact) mass is 776 g/mol. The van der Waals surface area contributed by atoms with Crippen molar-refractivity contribution in [1.29, 1.82) is 0 Å². The molecule has 2 heteroatoms. The first-order valence-corrected chi connectivity index (χ1v) is 22.4. The normalized spacial score (nSPS) is 24.7. The van der Waals surface area contributed by atoms with Gasteiger partial charge in [-0.25, -0.2) is 0 Å². The van der Waals surface area contributed by atoms with E-state index in [1.54, 1.807) is 11.1 Å². The summed E-state index contributed by atoms with van der Waals surface area (Å²) in [5, 5.41) is 2.38. The topological polar surface area (TPSA) is 13.1 Å². The molecule has 1 spiro atoms. The highest BCUT2D eigenvalue weighted by atomic mass is 16.3. The summed E-state index contributed by atoms with van der Waals surface area (Å²) < 4.78 is 6.45. The zero-order chi connectivity index (χ0) is 40.7. The van der Waals surface area contributed by atoms with Gasteiger partial charge in [-0.2, -0.15) is 0 Å². The minimum Gasteiger partial charge on any atom is -0.455 e. The zero-order valence-corrected chi connectivity index (χ0v) is 36.0. The molecular formula is C58H53BO. The van der Waals surface area contributed by atoms with Gasteiger partial charge in [0.05, 0.1) is 0 Å². The lowest BCUT2D eigenvalue weighted by atomic mass is 9.34. The minimum absolute atomic E-state index is 0.170. The van der Waals surface area contributed by atoms with Crippen LogP contribution in [-0.2, 0) is 10.8 Å². The maximum atomic E-state index is 6.45. The molecule has 4 aliphatic rings. The molecular weight excluding hydrogens is 723 g/mol. The van der Waals surface area contributed by atoms with Crippen LogP contribution in [0.2, 0.25) is 0 Å². The van der Waals surface area contributed by atoms with E-state index in [2.05, 4.69) is 181 Å². The maximum Gasteiger partial charge on any atom is 0.242 e. The Bertz CT molecular complexity index is 2950. The summed E-state index contributed by atoms with van der Waals surface area (Å²) in [6.45, 7) is 13.8. The molecule has 8 aromatic rings. The van der Waals surface area contributed by atoms with E-state index in [-0.39, 0.29) is 12.1 Å². The summed E-state index contributed by atoms with van der Waals surface area (Å²) in [5.74, 6) is 1.75. The third-order valence-corrected chi connectivity index (χ3v) is 16.5. The molecule has 4 fully saturated rings. The lowest BCUT2D eigenvalue weighted by molar-refractivity contribution is 0.0415. The minimum atomic E-state index is 0.170. The molecule has 0 N–H and O–H groups in total. The summed E-state index contributed by atoms with van der Waals surface area (Å²) in [6.07, 6.45) is 6.80. The Kier molecular flexibility index (Phi) is 7.69. The van der Waals surface area contributed by atoms with Crippen LogP contribution in [-0.4, -0.2) is 6.71 Å². The van der Waals surface area contributed by atoms with Gasteiger partial charge in [0.1, 0.15) is 11.2 Å². The van der Waals surface area contributed by atoms with Gasteiger partial charge in [-0.3, -0.25) is 0 Å². The standard InChI is InChI=1S/C58H53BO/c1-35-25-37(3)53(38(4)26-35)59(54-39(5)27-36(2)28-40(54)6)47-12-9-11-43(29-47)41-17-23-46(24-18-41)58-33-56(30-44-31-57(58,34-58)51(44)32-56)45-21-19-42(20-22-45)48-14-10-15-50-49-13-7-8-16-52(49)60-55(48)50/h7-29,44,51H,30-34H2,1-6H3. The Morgan fingerprint density at radius 3 is 1.83 bits per heavy atom. The van der Waals surface area contributed by atoms with Crippen LogP contribution in [0.3, 0.4) is 0 Å². The van der Waals surface area contributed by atoms with Gasteiger partial charge < -0.3 is 4.42 Å². The number of hydrogen-bond acceptors (Lipinski definition) is 1. The summed E-state index contributed by atoms with van der Waals surface area (Å²) in [6, 6.07) is 53.6. The van der Waals surface area contributed by atoms with Crippen molar-refractivity contribution >= 4 is 45.0 Å². The first-order valence-electron chi connectivity index (χ1n) is 22.4. The van der Waals surface area contributed by atoms with Crippen LogP contribution in [0.5, 0.6) is 0 Å². The van der Waals surface area contributed by atoms with E-state index in [9.17, 15) is 0 Å². The third kappa shape index (κ3) is 5.06. The second kappa shape index (κ2) is 12.7. The summed E-state index contributed by atoms with van der Waals surface area (Å²) in [7, 11) is 0. The molecule has 0 radical (unpaired) electrons. The molecule has 0 aliphatic heterocycles. The van der Waals surface area contributed by atoms with Crippen molar-refractivity contribution in [3.05, 3.63) is 184 Å². The van der Waals surface area contributed by atoms with Crippen molar-refractivity contribution in [2.24, 2.45) is 17.3 Å². The van der Waals surface area contributed by atoms with E-state index in [0.29, 0.717) is 10.8 Å². The maximum absolute atomic E-state index is 6.45. The van der Waals surface area contributed by atoms with Crippen molar-refractivity contribution < 1.29 is 4.42 Å². The molecule has 4 saturated carbocycles. The quantitative estimate of drug-likeness (QED) is 0.147. The van der Waals surface area contributed by atoms with E-state index >= 15 is 0 Å². The fourth-order valence-corrected chi connectivity index (χ4v) is 14.3. The lowest BCUT2D eigenvalue weighted by Crippen LogP contribution is -2.55. The first kappa shape index (κ1) is 36.3. The van der Waals surface area contributed by atoms with Crippen LogP contribution in [0.1, 0.15) is 76.6 Å². The average Bonchev–Trinajstić information content (AvgIpc) is 3.71. The number of rotatable bonds is 7. The van der Waals surface area contributed by atoms with Crippen LogP contribution in [0.4, 0.5) is 0 Å². The van der Waals surface area contributed by atoms with Crippen molar-refractivity contribution in [3.8, 4) is 22.3 Å². The number of benzene rings is 7. The SMILES string of the molecule is Cc1cc(C)c(B(c2cccc(-c3ccc(C45CC6(c7ccc(-c8cccc9c8oc8ccccc89)cc7)CC7CC4(C5)C7C6)cc3)c2)c2c(C)cc(C)cc2C)c(C)c1. The van der Waals surface area contributed by atoms with E-state index in [4.69, 9.17) is 4.42 Å². The molecule has 12 rings (SSSR count). The summed E-state index contributed by atoms with van der Waals surface area (Å²) >= 11 is 0. The summed E-state index contributed by atoms with van der Waals surface area (Å²) in [5.41, 5.74) is 23.6. The van der Waals surface area contributed by atoms with Crippen LogP contribution >= 0.6 is 0 Å². The molecule has 0 saturated heterocycles. The van der Waals surface area contributed by atoms with Gasteiger partial charge in [-0.05, 0) is 130 Å². The molecule has 4 aliphatic carbocycles. The van der Waals surface area contributed by atoms with Crippen LogP contribution < -0.4 is 16.4 Å². The van der Waals surface area contributed by atoms with E-state index < -0.39 is 0 Å².